The predicted octanol–water partition coefficient (Wildman–Crippen LogP) is 2.12. The highest BCUT2D eigenvalue weighted by atomic mass is 32.2. The molecule has 10 nitrogen and oxygen atoms in total. The fourth-order valence-electron chi connectivity index (χ4n) is 2.30. The molecule has 0 saturated carbocycles. The van der Waals surface area contributed by atoms with Crippen molar-refractivity contribution in [2.75, 3.05) is 24.6 Å². The molecule has 32 heavy (non-hydrogen) atoms. The van der Waals surface area contributed by atoms with Crippen molar-refractivity contribution in [2.45, 2.75) is 30.5 Å². The highest BCUT2D eigenvalue weighted by molar-refractivity contribution is 7.94. The van der Waals surface area contributed by atoms with Crippen molar-refractivity contribution < 1.29 is 32.3 Å². The SMILES string of the molecule is CN(c1ccc(OCC(=O)OCC(=O)NC(=O)NC(C)(C)C)cc1)S(=O)(=O)c1cccs1. The maximum absolute atomic E-state index is 12.5. The lowest BCUT2D eigenvalue weighted by Crippen LogP contribution is -2.49. The van der Waals surface area contributed by atoms with Crippen LogP contribution < -0.4 is 19.7 Å². The number of carbonyl (C=O) groups is 3. The smallest absolute Gasteiger partial charge is 0.344 e. The van der Waals surface area contributed by atoms with Gasteiger partial charge in [-0.1, -0.05) is 6.07 Å². The molecule has 0 fully saturated rings. The van der Waals surface area contributed by atoms with Crippen LogP contribution in [0.15, 0.2) is 46.0 Å². The van der Waals surface area contributed by atoms with Gasteiger partial charge in [0, 0.05) is 12.6 Å². The van der Waals surface area contributed by atoms with E-state index in [9.17, 15) is 22.8 Å². The molecule has 1 heterocycles. The Bertz CT molecular complexity index is 1040. The van der Waals surface area contributed by atoms with E-state index >= 15 is 0 Å². The van der Waals surface area contributed by atoms with Crippen LogP contribution in [0.25, 0.3) is 0 Å². The average molecular weight is 484 g/mol. The lowest BCUT2D eigenvalue weighted by molar-refractivity contribution is -0.150. The second kappa shape index (κ2) is 10.5. The molecular formula is C20H25N3O7S2. The van der Waals surface area contributed by atoms with Crippen LogP contribution in [0, 0.1) is 0 Å². The normalized spacial score (nSPS) is 11.4. The minimum atomic E-state index is -3.65. The lowest BCUT2D eigenvalue weighted by atomic mass is 10.1. The molecule has 0 aliphatic carbocycles. The van der Waals surface area contributed by atoms with Crippen LogP contribution in [0.3, 0.4) is 0 Å². The standard InChI is InChI=1S/C20H25N3O7S2/c1-20(2,3)22-19(26)21-16(24)12-30-17(25)13-29-15-9-7-14(8-10-15)23(4)32(27,28)18-6-5-11-31-18/h5-11H,12-13H2,1-4H3,(H2,21,22,24,26). The molecule has 174 valence electrons. The first kappa shape index (κ1) is 25.1. The van der Waals surface area contributed by atoms with Crippen LogP contribution in [0.1, 0.15) is 20.8 Å². The Labute approximate surface area is 190 Å². The molecule has 0 atom stereocenters. The first-order valence-electron chi connectivity index (χ1n) is 9.41. The number of rotatable bonds is 8. The lowest BCUT2D eigenvalue weighted by Gasteiger charge is -2.20. The minimum absolute atomic E-state index is 0.225. The van der Waals surface area contributed by atoms with E-state index in [1.54, 1.807) is 32.2 Å². The largest absolute Gasteiger partial charge is 0.482 e. The van der Waals surface area contributed by atoms with Crippen LogP contribution in [-0.2, 0) is 24.3 Å². The van der Waals surface area contributed by atoms with Gasteiger partial charge in [0.1, 0.15) is 9.96 Å². The molecule has 0 saturated heterocycles. The van der Waals surface area contributed by atoms with Crippen molar-refractivity contribution >= 4 is 45.0 Å². The first-order valence-corrected chi connectivity index (χ1v) is 11.7. The van der Waals surface area contributed by atoms with E-state index in [0.29, 0.717) is 11.4 Å². The molecule has 0 aliphatic heterocycles. The van der Waals surface area contributed by atoms with E-state index in [0.717, 1.165) is 15.6 Å². The maximum Gasteiger partial charge on any atom is 0.344 e. The quantitative estimate of drug-likeness (QED) is 0.550. The molecule has 1 aromatic heterocycles. The third-order valence-corrected chi connectivity index (χ3v) is 6.93. The summed E-state index contributed by atoms with van der Waals surface area (Å²) in [6.45, 7) is 4.15. The molecule has 0 radical (unpaired) electrons. The molecular weight excluding hydrogens is 458 g/mol. The molecule has 3 amide bonds. The predicted molar refractivity (Wildman–Crippen MR) is 119 cm³/mol. The van der Waals surface area contributed by atoms with Gasteiger partial charge in [0.05, 0.1) is 5.69 Å². The molecule has 0 bridgehead atoms. The number of carbonyl (C=O) groups excluding carboxylic acids is 3. The Morgan fingerprint density at radius 3 is 2.28 bits per heavy atom. The Morgan fingerprint density at radius 1 is 1.06 bits per heavy atom. The van der Waals surface area contributed by atoms with Gasteiger partial charge in [-0.15, -0.1) is 11.3 Å². The number of nitrogens with zero attached hydrogens (tertiary/aromatic N) is 1. The fraction of sp³-hybridized carbons (Fsp3) is 0.350. The first-order chi connectivity index (χ1) is 14.9. The number of imide groups is 1. The number of hydrogen-bond acceptors (Lipinski definition) is 8. The molecule has 12 heteroatoms. The number of anilines is 1. The van der Waals surface area contributed by atoms with Crippen molar-refractivity contribution in [1.29, 1.82) is 0 Å². The molecule has 0 spiro atoms. The van der Waals surface area contributed by atoms with E-state index < -0.39 is 46.7 Å². The van der Waals surface area contributed by atoms with E-state index in [-0.39, 0.29) is 4.21 Å². The van der Waals surface area contributed by atoms with E-state index in [1.807, 2.05) is 5.32 Å². The average Bonchev–Trinajstić information content (AvgIpc) is 3.25. The third-order valence-electron chi connectivity index (χ3n) is 3.77. The second-order valence-electron chi connectivity index (χ2n) is 7.60. The second-order valence-corrected chi connectivity index (χ2v) is 10.7. The Balaban J connectivity index is 1.80. The monoisotopic (exact) mass is 483 g/mol. The topological polar surface area (TPSA) is 131 Å². The van der Waals surface area contributed by atoms with Crippen molar-refractivity contribution in [3.8, 4) is 5.75 Å². The van der Waals surface area contributed by atoms with Crippen LogP contribution in [-0.4, -0.2) is 52.1 Å². The summed E-state index contributed by atoms with van der Waals surface area (Å²) in [4.78, 5) is 35.0. The summed E-state index contributed by atoms with van der Waals surface area (Å²) in [5.41, 5.74) is -0.105. The maximum atomic E-state index is 12.5. The Morgan fingerprint density at radius 2 is 1.72 bits per heavy atom. The van der Waals surface area contributed by atoms with Gasteiger partial charge in [0.2, 0.25) is 0 Å². The number of benzene rings is 1. The van der Waals surface area contributed by atoms with E-state index in [1.165, 1.54) is 37.4 Å². The van der Waals surface area contributed by atoms with E-state index in [4.69, 9.17) is 9.47 Å². The van der Waals surface area contributed by atoms with E-state index in [2.05, 4.69) is 5.32 Å². The number of nitrogens with one attached hydrogen (secondary N) is 2. The zero-order valence-corrected chi connectivity index (χ0v) is 19.7. The number of ether oxygens (including phenoxy) is 2. The number of sulfonamides is 1. The summed E-state index contributed by atoms with van der Waals surface area (Å²) < 4.78 is 36.5. The van der Waals surface area contributed by atoms with Crippen LogP contribution >= 0.6 is 11.3 Å². The summed E-state index contributed by atoms with van der Waals surface area (Å²) in [6.07, 6.45) is 0. The van der Waals surface area contributed by atoms with Crippen molar-refractivity contribution in [3.05, 3.63) is 41.8 Å². The minimum Gasteiger partial charge on any atom is -0.482 e. The Hall–Kier alpha value is -3.12. The number of thiophene rings is 1. The molecule has 0 aliphatic rings. The fourth-order valence-corrected chi connectivity index (χ4v) is 4.66. The molecule has 2 rings (SSSR count). The van der Waals surface area contributed by atoms with Crippen LogP contribution in [0.4, 0.5) is 10.5 Å². The molecule has 2 N–H and O–H groups in total. The number of urea groups is 1. The molecule has 2 aromatic rings. The van der Waals surface area contributed by atoms with Gasteiger partial charge in [-0.05, 0) is 56.5 Å². The number of amides is 3. The van der Waals surface area contributed by atoms with Gasteiger partial charge in [-0.3, -0.25) is 14.4 Å². The van der Waals surface area contributed by atoms with Crippen molar-refractivity contribution in [3.63, 3.8) is 0 Å². The van der Waals surface area contributed by atoms with Gasteiger partial charge in [-0.25, -0.2) is 18.0 Å². The summed E-state index contributed by atoms with van der Waals surface area (Å²) in [6, 6.07) is 8.57. The summed E-state index contributed by atoms with van der Waals surface area (Å²) in [5, 5.41) is 6.26. The number of esters is 1. The molecule has 0 unspecified atom stereocenters. The van der Waals surface area contributed by atoms with Gasteiger partial charge in [0.15, 0.2) is 13.2 Å². The Kier molecular flexibility index (Phi) is 8.22. The highest BCUT2D eigenvalue weighted by Crippen LogP contribution is 2.26. The highest BCUT2D eigenvalue weighted by Gasteiger charge is 2.22. The summed E-state index contributed by atoms with van der Waals surface area (Å²) in [7, 11) is -2.21. The summed E-state index contributed by atoms with van der Waals surface area (Å²) >= 11 is 1.12. The molecule has 1 aromatic carbocycles. The van der Waals surface area contributed by atoms with Crippen LogP contribution in [0.2, 0.25) is 0 Å². The summed E-state index contributed by atoms with van der Waals surface area (Å²) in [5.74, 6) is -1.28. The van der Waals surface area contributed by atoms with Crippen molar-refractivity contribution in [1.82, 2.24) is 10.6 Å². The number of hydrogen-bond donors (Lipinski definition) is 2. The van der Waals surface area contributed by atoms with Crippen LogP contribution in [0.5, 0.6) is 5.75 Å². The van der Waals surface area contributed by atoms with Gasteiger partial charge >= 0.3 is 12.0 Å². The zero-order valence-electron chi connectivity index (χ0n) is 18.1. The van der Waals surface area contributed by atoms with Gasteiger partial charge in [0.25, 0.3) is 15.9 Å². The third kappa shape index (κ3) is 7.54. The van der Waals surface area contributed by atoms with Crippen molar-refractivity contribution in [2.24, 2.45) is 0 Å². The van der Waals surface area contributed by atoms with Gasteiger partial charge in [-0.2, -0.15) is 0 Å². The van der Waals surface area contributed by atoms with Gasteiger partial charge < -0.3 is 14.8 Å². The zero-order chi connectivity index (χ0) is 23.9.